The van der Waals surface area contributed by atoms with Gasteiger partial charge in [0, 0.05) is 19.5 Å². The first-order chi connectivity index (χ1) is 10.1. The Morgan fingerprint density at radius 1 is 1.33 bits per heavy atom. The smallest absolute Gasteiger partial charge is 0.326 e. The van der Waals surface area contributed by atoms with E-state index in [-0.39, 0.29) is 5.97 Å². The van der Waals surface area contributed by atoms with E-state index in [9.17, 15) is 4.79 Å². The summed E-state index contributed by atoms with van der Waals surface area (Å²) < 4.78 is 5.34. The third kappa shape index (κ3) is 3.83. The molecular weight excluding hydrogens is 264 g/mol. The van der Waals surface area contributed by atoms with Crippen LogP contribution in [0.15, 0.2) is 24.3 Å². The van der Waals surface area contributed by atoms with Crippen molar-refractivity contribution in [3.8, 4) is 0 Å². The van der Waals surface area contributed by atoms with Crippen LogP contribution in [0, 0.1) is 0 Å². The summed E-state index contributed by atoms with van der Waals surface area (Å²) >= 11 is 0. The summed E-state index contributed by atoms with van der Waals surface area (Å²) in [5.41, 5.74) is 2.04. The van der Waals surface area contributed by atoms with Crippen LogP contribution in [0.3, 0.4) is 0 Å². The molecule has 0 fully saturated rings. The quantitative estimate of drug-likeness (QED) is 0.809. The molecule has 0 saturated carbocycles. The molecule has 0 spiro atoms. The number of likely N-dealkylation sites (N-methyl/N-ethyl adjacent to an activating group) is 1. The fraction of sp³-hybridized carbons (Fsp3) is 0.588. The summed E-state index contributed by atoms with van der Waals surface area (Å²) in [6.07, 6.45) is 2.44. The minimum absolute atomic E-state index is 0.113. The normalized spacial score (nSPS) is 21.1. The van der Waals surface area contributed by atoms with Crippen molar-refractivity contribution in [2.75, 3.05) is 33.8 Å². The monoisotopic (exact) mass is 290 g/mol. The van der Waals surface area contributed by atoms with E-state index >= 15 is 0 Å². The molecule has 1 atom stereocenters. The first-order valence-corrected chi connectivity index (χ1v) is 7.71. The van der Waals surface area contributed by atoms with Gasteiger partial charge in [-0.25, -0.2) is 0 Å². The SMILES string of the molecule is CCOC(=O)C1(NCCN(C)C)CCc2ccccc2C1. The van der Waals surface area contributed by atoms with E-state index in [1.54, 1.807) is 0 Å². The van der Waals surface area contributed by atoms with Gasteiger partial charge in [-0.1, -0.05) is 24.3 Å². The Labute approximate surface area is 127 Å². The third-order valence-corrected chi connectivity index (χ3v) is 4.12. The summed E-state index contributed by atoms with van der Waals surface area (Å²) in [5, 5.41) is 3.48. The molecule has 1 N–H and O–H groups in total. The highest BCUT2D eigenvalue weighted by atomic mass is 16.5. The summed E-state index contributed by atoms with van der Waals surface area (Å²) in [5.74, 6) is -0.113. The minimum atomic E-state index is -0.569. The summed E-state index contributed by atoms with van der Waals surface area (Å²) in [6.45, 7) is 3.98. The largest absolute Gasteiger partial charge is 0.465 e. The lowest BCUT2D eigenvalue weighted by Crippen LogP contribution is -2.57. The molecule has 1 aliphatic carbocycles. The Morgan fingerprint density at radius 3 is 2.71 bits per heavy atom. The van der Waals surface area contributed by atoms with Gasteiger partial charge in [-0.3, -0.25) is 4.79 Å². The maximum absolute atomic E-state index is 12.5. The predicted octanol–water partition coefficient (Wildman–Crippen LogP) is 1.63. The van der Waals surface area contributed by atoms with Crippen LogP contribution >= 0.6 is 0 Å². The number of nitrogens with one attached hydrogen (secondary N) is 1. The molecule has 0 amide bonds. The van der Waals surface area contributed by atoms with Crippen LogP contribution in [-0.4, -0.2) is 50.2 Å². The fourth-order valence-electron chi connectivity index (χ4n) is 2.92. The lowest BCUT2D eigenvalue weighted by Gasteiger charge is -2.37. The topological polar surface area (TPSA) is 41.6 Å². The van der Waals surface area contributed by atoms with Crippen molar-refractivity contribution in [1.82, 2.24) is 10.2 Å². The van der Waals surface area contributed by atoms with Gasteiger partial charge < -0.3 is 15.0 Å². The zero-order valence-electron chi connectivity index (χ0n) is 13.3. The lowest BCUT2D eigenvalue weighted by atomic mass is 9.78. The number of esters is 1. The van der Waals surface area contributed by atoms with Gasteiger partial charge in [0.25, 0.3) is 0 Å². The molecule has 4 heteroatoms. The first-order valence-electron chi connectivity index (χ1n) is 7.71. The average molecular weight is 290 g/mol. The van der Waals surface area contributed by atoms with E-state index < -0.39 is 5.54 Å². The van der Waals surface area contributed by atoms with Gasteiger partial charge >= 0.3 is 5.97 Å². The second-order valence-corrected chi connectivity index (χ2v) is 5.98. The maximum atomic E-state index is 12.5. The van der Waals surface area contributed by atoms with Crippen molar-refractivity contribution in [2.45, 2.75) is 31.7 Å². The molecule has 0 aromatic heterocycles. The molecule has 1 unspecified atom stereocenters. The summed E-state index contributed by atoms with van der Waals surface area (Å²) in [6, 6.07) is 8.38. The second-order valence-electron chi connectivity index (χ2n) is 5.98. The highest BCUT2D eigenvalue weighted by Crippen LogP contribution is 2.29. The van der Waals surface area contributed by atoms with Crippen LogP contribution in [0.5, 0.6) is 0 Å². The third-order valence-electron chi connectivity index (χ3n) is 4.12. The van der Waals surface area contributed by atoms with E-state index in [0.29, 0.717) is 6.61 Å². The molecule has 0 aliphatic heterocycles. The van der Waals surface area contributed by atoms with E-state index in [1.165, 1.54) is 11.1 Å². The predicted molar refractivity (Wildman–Crippen MR) is 84.4 cm³/mol. The van der Waals surface area contributed by atoms with Gasteiger partial charge in [-0.05, 0) is 45.0 Å². The Hall–Kier alpha value is -1.39. The summed E-state index contributed by atoms with van der Waals surface area (Å²) in [7, 11) is 4.07. The number of hydrogen-bond acceptors (Lipinski definition) is 4. The molecule has 1 aromatic carbocycles. The fourth-order valence-corrected chi connectivity index (χ4v) is 2.92. The second kappa shape index (κ2) is 7.05. The van der Waals surface area contributed by atoms with Crippen molar-refractivity contribution in [1.29, 1.82) is 0 Å². The van der Waals surface area contributed by atoms with Crippen molar-refractivity contribution in [2.24, 2.45) is 0 Å². The van der Waals surface area contributed by atoms with Crippen molar-refractivity contribution in [3.63, 3.8) is 0 Å². The van der Waals surface area contributed by atoms with Crippen LogP contribution in [0.2, 0.25) is 0 Å². The number of fused-ring (bicyclic) bond motifs is 1. The van der Waals surface area contributed by atoms with Crippen LogP contribution < -0.4 is 5.32 Å². The molecule has 116 valence electrons. The van der Waals surface area contributed by atoms with E-state index in [4.69, 9.17) is 4.74 Å². The number of aryl methyl sites for hydroxylation is 1. The van der Waals surface area contributed by atoms with E-state index in [2.05, 4.69) is 28.4 Å². The number of nitrogens with zero attached hydrogens (tertiary/aromatic N) is 1. The summed E-state index contributed by atoms with van der Waals surface area (Å²) in [4.78, 5) is 14.6. The maximum Gasteiger partial charge on any atom is 0.326 e. The Kier molecular flexibility index (Phi) is 5.37. The van der Waals surface area contributed by atoms with Crippen LogP contribution in [0.25, 0.3) is 0 Å². The lowest BCUT2D eigenvalue weighted by molar-refractivity contribution is -0.152. The molecule has 0 heterocycles. The van der Waals surface area contributed by atoms with Gasteiger partial charge in [0.05, 0.1) is 6.61 Å². The number of hydrogen-bond donors (Lipinski definition) is 1. The number of benzene rings is 1. The average Bonchev–Trinajstić information content (AvgIpc) is 2.47. The molecule has 0 saturated heterocycles. The van der Waals surface area contributed by atoms with Crippen LogP contribution in [-0.2, 0) is 22.4 Å². The van der Waals surface area contributed by atoms with Gasteiger partial charge in [0.2, 0.25) is 0 Å². The van der Waals surface area contributed by atoms with Crippen molar-refractivity contribution >= 4 is 5.97 Å². The van der Waals surface area contributed by atoms with Crippen molar-refractivity contribution < 1.29 is 9.53 Å². The Balaban J connectivity index is 2.16. The number of carbonyl (C=O) groups is 1. The number of rotatable bonds is 6. The highest BCUT2D eigenvalue weighted by Gasteiger charge is 2.42. The van der Waals surface area contributed by atoms with Gasteiger partial charge in [-0.2, -0.15) is 0 Å². The zero-order valence-corrected chi connectivity index (χ0v) is 13.3. The molecule has 1 aromatic rings. The Bertz CT molecular complexity index is 487. The van der Waals surface area contributed by atoms with Crippen LogP contribution in [0.4, 0.5) is 0 Å². The van der Waals surface area contributed by atoms with Crippen LogP contribution in [0.1, 0.15) is 24.5 Å². The standard InChI is InChI=1S/C17H26N2O2/c1-4-21-16(20)17(18-11-12-19(2)3)10-9-14-7-5-6-8-15(14)13-17/h5-8,18H,4,9-13H2,1-3H3. The molecule has 1 aliphatic rings. The molecule has 21 heavy (non-hydrogen) atoms. The van der Waals surface area contributed by atoms with Gasteiger partial charge in [0.15, 0.2) is 0 Å². The van der Waals surface area contributed by atoms with E-state index in [1.807, 2.05) is 27.1 Å². The molecular formula is C17H26N2O2. The number of carbonyl (C=O) groups excluding carboxylic acids is 1. The van der Waals surface area contributed by atoms with E-state index in [0.717, 1.165) is 32.4 Å². The highest BCUT2D eigenvalue weighted by molar-refractivity contribution is 5.82. The number of ether oxygens (including phenoxy) is 1. The molecule has 0 radical (unpaired) electrons. The first kappa shape index (κ1) is 16.0. The minimum Gasteiger partial charge on any atom is -0.465 e. The van der Waals surface area contributed by atoms with Gasteiger partial charge in [-0.15, -0.1) is 0 Å². The van der Waals surface area contributed by atoms with Crippen molar-refractivity contribution in [3.05, 3.63) is 35.4 Å². The zero-order chi connectivity index (χ0) is 15.3. The molecule has 0 bridgehead atoms. The molecule has 4 nitrogen and oxygen atoms in total. The Morgan fingerprint density at radius 2 is 2.05 bits per heavy atom. The van der Waals surface area contributed by atoms with Gasteiger partial charge in [0.1, 0.15) is 5.54 Å². The molecule has 2 rings (SSSR count).